The SMILES string of the molecule is COc1c(-c2cncc(N)n2)ccc(C)c1C. The van der Waals surface area contributed by atoms with Crippen molar-refractivity contribution >= 4 is 5.82 Å². The molecule has 1 aromatic heterocycles. The van der Waals surface area contributed by atoms with Gasteiger partial charge in [-0.1, -0.05) is 6.07 Å². The Morgan fingerprint density at radius 1 is 1.18 bits per heavy atom. The largest absolute Gasteiger partial charge is 0.496 e. The van der Waals surface area contributed by atoms with Crippen LogP contribution in [-0.4, -0.2) is 17.1 Å². The molecule has 2 N–H and O–H groups in total. The van der Waals surface area contributed by atoms with Gasteiger partial charge in [-0.25, -0.2) is 4.98 Å². The molecular weight excluding hydrogens is 214 g/mol. The van der Waals surface area contributed by atoms with E-state index in [2.05, 4.69) is 9.97 Å². The minimum atomic E-state index is 0.405. The van der Waals surface area contributed by atoms with Gasteiger partial charge in [0.1, 0.15) is 11.6 Å². The first-order valence-electron chi connectivity index (χ1n) is 5.35. The van der Waals surface area contributed by atoms with Crippen LogP contribution in [0.5, 0.6) is 5.75 Å². The number of aryl methyl sites for hydroxylation is 1. The number of anilines is 1. The van der Waals surface area contributed by atoms with Crippen LogP contribution in [0.3, 0.4) is 0 Å². The molecule has 2 aromatic rings. The van der Waals surface area contributed by atoms with Gasteiger partial charge in [0, 0.05) is 5.56 Å². The molecule has 88 valence electrons. The normalized spacial score (nSPS) is 10.3. The summed E-state index contributed by atoms with van der Waals surface area (Å²) >= 11 is 0. The smallest absolute Gasteiger partial charge is 0.142 e. The van der Waals surface area contributed by atoms with Crippen molar-refractivity contribution in [1.82, 2.24) is 9.97 Å². The lowest BCUT2D eigenvalue weighted by Gasteiger charge is -2.12. The third-order valence-electron chi connectivity index (χ3n) is 2.81. The van der Waals surface area contributed by atoms with E-state index in [0.29, 0.717) is 5.82 Å². The van der Waals surface area contributed by atoms with E-state index in [4.69, 9.17) is 10.5 Å². The maximum Gasteiger partial charge on any atom is 0.142 e. The molecule has 1 aromatic carbocycles. The van der Waals surface area contributed by atoms with E-state index in [9.17, 15) is 0 Å². The van der Waals surface area contributed by atoms with E-state index in [1.54, 1.807) is 13.3 Å². The molecule has 0 atom stereocenters. The molecule has 0 bridgehead atoms. The van der Waals surface area contributed by atoms with Crippen molar-refractivity contribution in [3.63, 3.8) is 0 Å². The first kappa shape index (κ1) is 11.4. The van der Waals surface area contributed by atoms with Crippen molar-refractivity contribution in [2.45, 2.75) is 13.8 Å². The zero-order valence-corrected chi connectivity index (χ0v) is 10.2. The summed E-state index contributed by atoms with van der Waals surface area (Å²) in [5.74, 6) is 1.23. The summed E-state index contributed by atoms with van der Waals surface area (Å²) in [6.45, 7) is 4.07. The number of aromatic nitrogens is 2. The van der Waals surface area contributed by atoms with Gasteiger partial charge in [-0.3, -0.25) is 4.98 Å². The van der Waals surface area contributed by atoms with Crippen LogP contribution in [0.4, 0.5) is 5.82 Å². The summed E-state index contributed by atoms with van der Waals surface area (Å²) in [6, 6.07) is 4.02. The number of nitrogens with two attached hydrogens (primary N) is 1. The number of hydrogen-bond acceptors (Lipinski definition) is 4. The van der Waals surface area contributed by atoms with E-state index < -0.39 is 0 Å². The molecule has 4 heteroatoms. The first-order chi connectivity index (χ1) is 8.13. The molecule has 2 rings (SSSR count). The molecule has 0 radical (unpaired) electrons. The lowest BCUT2D eigenvalue weighted by Crippen LogP contribution is -1.97. The maximum absolute atomic E-state index is 5.64. The van der Waals surface area contributed by atoms with Gasteiger partial charge in [-0.15, -0.1) is 0 Å². The average molecular weight is 229 g/mol. The van der Waals surface area contributed by atoms with E-state index in [0.717, 1.165) is 22.6 Å². The second-order valence-corrected chi connectivity index (χ2v) is 3.92. The average Bonchev–Trinajstić information content (AvgIpc) is 2.32. The highest BCUT2D eigenvalue weighted by Crippen LogP contribution is 2.33. The van der Waals surface area contributed by atoms with Crippen LogP contribution in [-0.2, 0) is 0 Å². The van der Waals surface area contributed by atoms with Gasteiger partial charge < -0.3 is 10.5 Å². The number of hydrogen-bond donors (Lipinski definition) is 1. The number of rotatable bonds is 2. The quantitative estimate of drug-likeness (QED) is 0.858. The summed E-state index contributed by atoms with van der Waals surface area (Å²) in [4.78, 5) is 8.30. The molecule has 0 amide bonds. The Balaban J connectivity index is 2.63. The molecule has 0 aliphatic rings. The molecule has 0 aliphatic heterocycles. The van der Waals surface area contributed by atoms with Crippen molar-refractivity contribution in [2.75, 3.05) is 12.8 Å². The zero-order chi connectivity index (χ0) is 12.4. The number of methoxy groups -OCH3 is 1. The molecule has 1 heterocycles. The Kier molecular flexibility index (Phi) is 2.95. The van der Waals surface area contributed by atoms with Gasteiger partial charge in [0.05, 0.1) is 25.2 Å². The molecule has 0 unspecified atom stereocenters. The molecule has 0 saturated carbocycles. The van der Waals surface area contributed by atoms with Gasteiger partial charge in [-0.2, -0.15) is 0 Å². The van der Waals surface area contributed by atoms with E-state index in [1.807, 2.05) is 26.0 Å². The highest BCUT2D eigenvalue weighted by Gasteiger charge is 2.11. The van der Waals surface area contributed by atoms with Gasteiger partial charge in [-0.05, 0) is 31.0 Å². The van der Waals surface area contributed by atoms with Crippen LogP contribution < -0.4 is 10.5 Å². The maximum atomic E-state index is 5.64. The Morgan fingerprint density at radius 2 is 1.94 bits per heavy atom. The van der Waals surface area contributed by atoms with E-state index in [1.165, 1.54) is 11.8 Å². The monoisotopic (exact) mass is 229 g/mol. The molecule has 17 heavy (non-hydrogen) atoms. The van der Waals surface area contributed by atoms with Crippen molar-refractivity contribution in [3.05, 3.63) is 35.7 Å². The zero-order valence-electron chi connectivity index (χ0n) is 10.2. The second kappa shape index (κ2) is 4.41. The predicted molar refractivity (Wildman–Crippen MR) is 67.9 cm³/mol. The predicted octanol–water partition coefficient (Wildman–Crippen LogP) is 2.35. The molecule has 0 spiro atoms. The Bertz CT molecular complexity index is 552. The fourth-order valence-corrected chi connectivity index (χ4v) is 1.77. The van der Waals surface area contributed by atoms with Gasteiger partial charge >= 0.3 is 0 Å². The summed E-state index contributed by atoms with van der Waals surface area (Å²) in [7, 11) is 1.66. The number of nitrogens with zero attached hydrogens (tertiary/aromatic N) is 2. The fourth-order valence-electron chi connectivity index (χ4n) is 1.77. The minimum absolute atomic E-state index is 0.405. The molecule has 0 aliphatic carbocycles. The Morgan fingerprint density at radius 3 is 2.59 bits per heavy atom. The molecule has 0 fully saturated rings. The lowest BCUT2D eigenvalue weighted by molar-refractivity contribution is 0.413. The number of ether oxygens (including phenoxy) is 1. The number of benzene rings is 1. The van der Waals surface area contributed by atoms with Crippen LogP contribution in [0.15, 0.2) is 24.5 Å². The highest BCUT2D eigenvalue weighted by atomic mass is 16.5. The standard InChI is InChI=1S/C13H15N3O/c1-8-4-5-10(13(17-3)9(8)2)11-6-15-7-12(14)16-11/h4-7H,1-3H3,(H2,14,16). The molecular formula is C13H15N3O. The topological polar surface area (TPSA) is 61.0 Å². The fraction of sp³-hybridized carbons (Fsp3) is 0.231. The van der Waals surface area contributed by atoms with Crippen molar-refractivity contribution in [2.24, 2.45) is 0 Å². The first-order valence-corrected chi connectivity index (χ1v) is 5.35. The summed E-state index contributed by atoms with van der Waals surface area (Å²) in [6.07, 6.45) is 3.21. The third kappa shape index (κ3) is 2.06. The lowest BCUT2D eigenvalue weighted by atomic mass is 10.0. The minimum Gasteiger partial charge on any atom is -0.496 e. The summed E-state index contributed by atoms with van der Waals surface area (Å²) in [5.41, 5.74) is 9.57. The van der Waals surface area contributed by atoms with Crippen LogP contribution in [0.25, 0.3) is 11.3 Å². The highest BCUT2D eigenvalue weighted by molar-refractivity contribution is 5.70. The van der Waals surface area contributed by atoms with Gasteiger partial charge in [0.25, 0.3) is 0 Å². The van der Waals surface area contributed by atoms with Crippen molar-refractivity contribution < 1.29 is 4.74 Å². The van der Waals surface area contributed by atoms with Crippen LogP contribution in [0.2, 0.25) is 0 Å². The third-order valence-corrected chi connectivity index (χ3v) is 2.81. The van der Waals surface area contributed by atoms with Crippen LogP contribution >= 0.6 is 0 Å². The summed E-state index contributed by atoms with van der Waals surface area (Å²) in [5, 5.41) is 0. The van der Waals surface area contributed by atoms with Crippen molar-refractivity contribution in [1.29, 1.82) is 0 Å². The van der Waals surface area contributed by atoms with E-state index >= 15 is 0 Å². The van der Waals surface area contributed by atoms with Crippen LogP contribution in [0.1, 0.15) is 11.1 Å². The van der Waals surface area contributed by atoms with Crippen molar-refractivity contribution in [3.8, 4) is 17.0 Å². The Hall–Kier alpha value is -2.10. The van der Waals surface area contributed by atoms with E-state index in [-0.39, 0.29) is 0 Å². The van der Waals surface area contributed by atoms with Gasteiger partial charge in [0.15, 0.2) is 0 Å². The molecule has 4 nitrogen and oxygen atoms in total. The molecule has 0 saturated heterocycles. The summed E-state index contributed by atoms with van der Waals surface area (Å²) < 4.78 is 5.44. The number of nitrogen functional groups attached to an aromatic ring is 1. The van der Waals surface area contributed by atoms with Gasteiger partial charge in [0.2, 0.25) is 0 Å². The second-order valence-electron chi connectivity index (χ2n) is 3.92. The van der Waals surface area contributed by atoms with Crippen LogP contribution in [0, 0.1) is 13.8 Å². The Labute approximate surface area is 100 Å².